The summed E-state index contributed by atoms with van der Waals surface area (Å²) in [7, 11) is -2.46. The molecule has 26 heavy (non-hydrogen) atoms. The van der Waals surface area contributed by atoms with Gasteiger partial charge in [0.25, 0.3) is 10.0 Å². The molecular weight excluding hydrogens is 354 g/mol. The fraction of sp³-hybridized carbons (Fsp3) is 0.222. The van der Waals surface area contributed by atoms with Crippen molar-refractivity contribution in [2.45, 2.75) is 24.3 Å². The Morgan fingerprint density at radius 2 is 1.73 bits per heavy atom. The van der Waals surface area contributed by atoms with Crippen LogP contribution < -0.4 is 14.9 Å². The van der Waals surface area contributed by atoms with Crippen LogP contribution in [0.2, 0.25) is 0 Å². The molecule has 2 amide bonds. The number of benzene rings is 2. The molecule has 0 spiro atoms. The largest absolute Gasteiger partial charge is 0.357 e. The standard InChI is InChI=1S/C18H19N3O4S/c1-12(22)20-14-7-9-15(10-8-14)26(24,25)21-16-6-4-3-5-13(16)11-17(21)18(23)19-2/h3-10,17H,11H2,1-2H3,(H,19,23)(H,20,22)/t17-/m1/s1. The number of amides is 2. The van der Waals surface area contributed by atoms with E-state index in [2.05, 4.69) is 10.6 Å². The van der Waals surface area contributed by atoms with Crippen LogP contribution in [0.5, 0.6) is 0 Å². The second kappa shape index (κ2) is 6.80. The first kappa shape index (κ1) is 17.9. The molecule has 2 aromatic rings. The third-order valence-electron chi connectivity index (χ3n) is 4.21. The minimum absolute atomic E-state index is 0.0530. The van der Waals surface area contributed by atoms with Gasteiger partial charge in [-0.25, -0.2) is 8.42 Å². The molecule has 2 N–H and O–H groups in total. The van der Waals surface area contributed by atoms with Crippen molar-refractivity contribution in [2.75, 3.05) is 16.7 Å². The summed E-state index contributed by atoms with van der Waals surface area (Å²) >= 11 is 0. The smallest absolute Gasteiger partial charge is 0.265 e. The topological polar surface area (TPSA) is 95.6 Å². The monoisotopic (exact) mass is 373 g/mol. The van der Waals surface area contributed by atoms with E-state index in [-0.39, 0.29) is 16.7 Å². The molecule has 0 radical (unpaired) electrons. The van der Waals surface area contributed by atoms with Gasteiger partial charge in [0.1, 0.15) is 6.04 Å². The first-order valence-electron chi connectivity index (χ1n) is 8.06. The van der Waals surface area contributed by atoms with Gasteiger partial charge in [0.05, 0.1) is 10.6 Å². The van der Waals surface area contributed by atoms with E-state index in [1.165, 1.54) is 42.5 Å². The second-order valence-corrected chi connectivity index (χ2v) is 7.78. The van der Waals surface area contributed by atoms with Gasteiger partial charge in [-0.05, 0) is 35.9 Å². The molecule has 1 atom stereocenters. The number of hydrogen-bond acceptors (Lipinski definition) is 4. The molecule has 8 heteroatoms. The van der Waals surface area contributed by atoms with Gasteiger partial charge in [0.15, 0.2) is 0 Å². The Balaban J connectivity index is 2.03. The first-order valence-corrected chi connectivity index (χ1v) is 9.50. The molecule has 0 bridgehead atoms. The summed E-state index contributed by atoms with van der Waals surface area (Å²) in [5, 5.41) is 5.13. The van der Waals surface area contributed by atoms with Crippen LogP contribution in [-0.2, 0) is 26.0 Å². The number of nitrogens with zero attached hydrogens (tertiary/aromatic N) is 1. The van der Waals surface area contributed by atoms with Crippen LogP contribution in [0.1, 0.15) is 12.5 Å². The zero-order valence-electron chi connectivity index (χ0n) is 14.4. The van der Waals surface area contributed by atoms with Crippen molar-refractivity contribution in [3.63, 3.8) is 0 Å². The number of hydrogen-bond donors (Lipinski definition) is 2. The normalized spacial score (nSPS) is 16.1. The number of carbonyl (C=O) groups is 2. The summed E-state index contributed by atoms with van der Waals surface area (Å²) in [6.45, 7) is 1.37. The highest BCUT2D eigenvalue weighted by Crippen LogP contribution is 2.36. The van der Waals surface area contributed by atoms with Crippen molar-refractivity contribution in [3.8, 4) is 0 Å². The van der Waals surface area contributed by atoms with Crippen LogP contribution in [0.25, 0.3) is 0 Å². The van der Waals surface area contributed by atoms with Gasteiger partial charge in [-0.15, -0.1) is 0 Å². The van der Waals surface area contributed by atoms with Crippen molar-refractivity contribution in [3.05, 3.63) is 54.1 Å². The molecule has 0 unspecified atom stereocenters. The number of fused-ring (bicyclic) bond motifs is 1. The Kier molecular flexibility index (Phi) is 4.69. The molecule has 0 aromatic heterocycles. The molecule has 1 aliphatic heterocycles. The van der Waals surface area contributed by atoms with E-state index in [4.69, 9.17) is 0 Å². The van der Waals surface area contributed by atoms with Gasteiger partial charge < -0.3 is 10.6 Å². The van der Waals surface area contributed by atoms with Gasteiger partial charge in [-0.1, -0.05) is 18.2 Å². The molecule has 3 rings (SSSR count). The van der Waals surface area contributed by atoms with Crippen molar-refractivity contribution >= 4 is 33.2 Å². The summed E-state index contributed by atoms with van der Waals surface area (Å²) in [5.41, 5.74) is 1.81. The summed E-state index contributed by atoms with van der Waals surface area (Å²) in [4.78, 5) is 23.4. The van der Waals surface area contributed by atoms with Gasteiger partial charge in [-0.3, -0.25) is 13.9 Å². The van der Waals surface area contributed by atoms with E-state index in [1.54, 1.807) is 12.1 Å². The fourth-order valence-corrected chi connectivity index (χ4v) is 4.70. The van der Waals surface area contributed by atoms with Gasteiger partial charge in [-0.2, -0.15) is 0 Å². The highest BCUT2D eigenvalue weighted by Gasteiger charge is 2.41. The highest BCUT2D eigenvalue weighted by molar-refractivity contribution is 7.93. The number of nitrogens with one attached hydrogen (secondary N) is 2. The Labute approximate surface area is 152 Å². The Morgan fingerprint density at radius 1 is 1.08 bits per heavy atom. The van der Waals surface area contributed by atoms with Crippen molar-refractivity contribution in [1.82, 2.24) is 5.32 Å². The average molecular weight is 373 g/mol. The summed E-state index contributed by atoms with van der Waals surface area (Å²) < 4.78 is 27.6. The zero-order chi connectivity index (χ0) is 18.9. The minimum atomic E-state index is -3.94. The van der Waals surface area contributed by atoms with Crippen LogP contribution >= 0.6 is 0 Å². The van der Waals surface area contributed by atoms with Crippen molar-refractivity contribution < 1.29 is 18.0 Å². The predicted octanol–water partition coefficient (Wildman–Crippen LogP) is 1.51. The molecule has 1 heterocycles. The minimum Gasteiger partial charge on any atom is -0.357 e. The molecule has 7 nitrogen and oxygen atoms in total. The quantitative estimate of drug-likeness (QED) is 0.849. The first-order chi connectivity index (χ1) is 12.3. The fourth-order valence-electron chi connectivity index (χ4n) is 3.05. The van der Waals surface area contributed by atoms with E-state index in [9.17, 15) is 18.0 Å². The zero-order valence-corrected chi connectivity index (χ0v) is 15.2. The van der Waals surface area contributed by atoms with E-state index in [0.29, 0.717) is 17.8 Å². The van der Waals surface area contributed by atoms with E-state index >= 15 is 0 Å². The third kappa shape index (κ3) is 3.15. The predicted molar refractivity (Wildman–Crippen MR) is 98.4 cm³/mol. The average Bonchev–Trinajstić information content (AvgIpc) is 3.01. The molecule has 2 aromatic carbocycles. The van der Waals surface area contributed by atoms with Crippen molar-refractivity contribution in [2.24, 2.45) is 0 Å². The molecule has 0 aliphatic carbocycles. The summed E-state index contributed by atoms with van der Waals surface area (Å²) in [5.74, 6) is -0.603. The van der Waals surface area contributed by atoms with E-state index in [0.717, 1.165) is 5.56 Å². The highest BCUT2D eigenvalue weighted by atomic mass is 32.2. The Morgan fingerprint density at radius 3 is 2.35 bits per heavy atom. The number of sulfonamides is 1. The molecular formula is C18H19N3O4S. The number of rotatable bonds is 4. The van der Waals surface area contributed by atoms with Crippen LogP contribution in [0.3, 0.4) is 0 Å². The maximum absolute atomic E-state index is 13.2. The van der Waals surface area contributed by atoms with Crippen molar-refractivity contribution in [1.29, 1.82) is 0 Å². The summed E-state index contributed by atoms with van der Waals surface area (Å²) in [6, 6.07) is 12.1. The Bertz CT molecular complexity index is 955. The van der Waals surface area contributed by atoms with Crippen LogP contribution in [0, 0.1) is 0 Å². The molecule has 136 valence electrons. The third-order valence-corrected chi connectivity index (χ3v) is 6.04. The lowest BCUT2D eigenvalue weighted by atomic mass is 10.1. The lowest BCUT2D eigenvalue weighted by Crippen LogP contribution is -2.47. The molecule has 0 saturated heterocycles. The van der Waals surface area contributed by atoms with Crippen LogP contribution in [0.15, 0.2) is 53.4 Å². The summed E-state index contributed by atoms with van der Waals surface area (Å²) in [6.07, 6.45) is 0.319. The van der Waals surface area contributed by atoms with Crippen LogP contribution in [0.4, 0.5) is 11.4 Å². The second-order valence-electron chi connectivity index (χ2n) is 5.97. The maximum atomic E-state index is 13.2. The number of para-hydroxylation sites is 1. The van der Waals surface area contributed by atoms with Crippen LogP contribution in [-0.4, -0.2) is 33.3 Å². The molecule has 1 aliphatic rings. The Hall–Kier alpha value is -2.87. The number of likely N-dealkylation sites (N-methyl/N-ethyl adjacent to an activating group) is 1. The lowest BCUT2D eigenvalue weighted by Gasteiger charge is -2.26. The van der Waals surface area contributed by atoms with Gasteiger partial charge in [0.2, 0.25) is 11.8 Å². The van der Waals surface area contributed by atoms with E-state index < -0.39 is 16.1 Å². The number of carbonyl (C=O) groups excluding carboxylic acids is 2. The maximum Gasteiger partial charge on any atom is 0.265 e. The molecule has 0 fully saturated rings. The SMILES string of the molecule is CNC(=O)[C@H]1Cc2ccccc2N1S(=O)(=O)c1ccc(NC(C)=O)cc1. The molecule has 0 saturated carbocycles. The van der Waals surface area contributed by atoms with E-state index in [1.807, 2.05) is 12.1 Å². The van der Waals surface area contributed by atoms with Gasteiger partial charge in [0, 0.05) is 26.1 Å². The number of anilines is 2. The lowest BCUT2D eigenvalue weighted by molar-refractivity contribution is -0.121. The van der Waals surface area contributed by atoms with Gasteiger partial charge >= 0.3 is 0 Å².